The summed E-state index contributed by atoms with van der Waals surface area (Å²) in [6, 6.07) is 4.50. The van der Waals surface area contributed by atoms with Gasteiger partial charge in [0.15, 0.2) is 0 Å². The number of amides is 3. The van der Waals surface area contributed by atoms with Crippen molar-refractivity contribution in [3.05, 3.63) is 28.8 Å². The number of carbonyl (C=O) groups excluding carboxylic acids is 3. The maximum Gasteiger partial charge on any atom is 0.243 e. The molecule has 1 aliphatic heterocycles. The molecule has 1 atom stereocenters. The van der Waals surface area contributed by atoms with Gasteiger partial charge in [0.05, 0.1) is 6.42 Å². The number of halogens is 1. The Hall–Kier alpha value is -2.08. The molecule has 0 spiro atoms. The molecule has 0 radical (unpaired) electrons. The van der Waals surface area contributed by atoms with Gasteiger partial charge in [0.2, 0.25) is 17.7 Å². The third-order valence-electron chi connectivity index (χ3n) is 4.37. The second kappa shape index (κ2) is 6.81. The molecule has 2 aliphatic rings. The molecule has 1 aliphatic carbocycles. The topological polar surface area (TPSA) is 78.5 Å². The van der Waals surface area contributed by atoms with Crippen molar-refractivity contribution in [1.29, 1.82) is 0 Å². The Morgan fingerprint density at radius 2 is 2.12 bits per heavy atom. The van der Waals surface area contributed by atoms with Crippen LogP contribution in [0.5, 0.6) is 0 Å². The molecule has 1 heterocycles. The summed E-state index contributed by atoms with van der Waals surface area (Å²) in [6.07, 6.45) is 1.69. The molecule has 3 amide bonds. The van der Waals surface area contributed by atoms with E-state index < -0.39 is 6.04 Å². The predicted octanol–water partition coefficient (Wildman–Crippen LogP) is 1.71. The first-order valence-electron chi connectivity index (χ1n) is 8.10. The van der Waals surface area contributed by atoms with Gasteiger partial charge in [-0.15, -0.1) is 0 Å². The Balaban J connectivity index is 1.66. The van der Waals surface area contributed by atoms with Crippen molar-refractivity contribution in [2.75, 3.05) is 18.4 Å². The van der Waals surface area contributed by atoms with Crippen molar-refractivity contribution >= 4 is 35.0 Å². The van der Waals surface area contributed by atoms with Gasteiger partial charge >= 0.3 is 0 Å². The van der Waals surface area contributed by atoms with Crippen LogP contribution in [0.3, 0.4) is 0 Å². The first-order valence-corrected chi connectivity index (χ1v) is 8.47. The van der Waals surface area contributed by atoms with Crippen molar-refractivity contribution < 1.29 is 14.4 Å². The number of hydrogen-bond donors (Lipinski definition) is 2. The molecular weight excluding hydrogens is 330 g/mol. The Morgan fingerprint density at radius 1 is 1.38 bits per heavy atom. The lowest BCUT2D eigenvalue weighted by atomic mass is 10.1. The van der Waals surface area contributed by atoms with Crippen LogP contribution in [-0.4, -0.2) is 41.8 Å². The number of piperazine rings is 1. The van der Waals surface area contributed by atoms with E-state index in [9.17, 15) is 14.4 Å². The van der Waals surface area contributed by atoms with Crippen LogP contribution in [0.1, 0.15) is 24.8 Å². The third kappa shape index (κ3) is 3.70. The van der Waals surface area contributed by atoms with Crippen LogP contribution < -0.4 is 10.6 Å². The number of benzene rings is 1. The number of carbonyl (C=O) groups is 3. The lowest BCUT2D eigenvalue weighted by Crippen LogP contribution is -2.58. The maximum absolute atomic E-state index is 12.3. The molecule has 0 bridgehead atoms. The summed E-state index contributed by atoms with van der Waals surface area (Å²) in [5.41, 5.74) is 1.49. The molecule has 3 rings (SSSR count). The number of nitrogens with zero attached hydrogens (tertiary/aromatic N) is 1. The zero-order valence-electron chi connectivity index (χ0n) is 13.5. The van der Waals surface area contributed by atoms with Gasteiger partial charge in [0, 0.05) is 29.7 Å². The van der Waals surface area contributed by atoms with E-state index in [1.807, 2.05) is 13.0 Å². The minimum atomic E-state index is -0.743. The van der Waals surface area contributed by atoms with E-state index >= 15 is 0 Å². The van der Waals surface area contributed by atoms with Crippen molar-refractivity contribution in [2.24, 2.45) is 5.92 Å². The lowest BCUT2D eigenvalue weighted by molar-refractivity contribution is -0.145. The Kier molecular flexibility index (Phi) is 4.76. The standard InChI is InChI=1S/C17H20ClN3O3/c1-10-2-5-12(8-13(10)18)20-15(22)9-14-16(23)19-6-7-21(14)17(24)11-3-4-11/h2,5,8,11,14H,3-4,6-7,9H2,1H3,(H,19,23)(H,20,22)/t14-/m1/s1. The van der Waals surface area contributed by atoms with E-state index in [0.717, 1.165) is 18.4 Å². The Morgan fingerprint density at radius 3 is 2.79 bits per heavy atom. The highest BCUT2D eigenvalue weighted by Gasteiger charge is 2.40. The van der Waals surface area contributed by atoms with Gasteiger partial charge < -0.3 is 15.5 Å². The average Bonchev–Trinajstić information content (AvgIpc) is 3.37. The highest BCUT2D eigenvalue weighted by molar-refractivity contribution is 6.31. The number of nitrogens with one attached hydrogen (secondary N) is 2. The monoisotopic (exact) mass is 349 g/mol. The van der Waals surface area contributed by atoms with E-state index in [-0.39, 0.29) is 30.1 Å². The molecule has 0 aromatic heterocycles. The van der Waals surface area contributed by atoms with Gasteiger partial charge in [-0.1, -0.05) is 17.7 Å². The molecule has 2 fully saturated rings. The van der Waals surface area contributed by atoms with E-state index in [0.29, 0.717) is 23.8 Å². The van der Waals surface area contributed by atoms with Crippen LogP contribution in [0.15, 0.2) is 18.2 Å². The number of rotatable bonds is 4. The van der Waals surface area contributed by atoms with Crippen molar-refractivity contribution in [2.45, 2.75) is 32.2 Å². The van der Waals surface area contributed by atoms with Crippen LogP contribution in [0.4, 0.5) is 5.69 Å². The fraction of sp³-hybridized carbons (Fsp3) is 0.471. The minimum Gasteiger partial charge on any atom is -0.353 e. The summed E-state index contributed by atoms with van der Waals surface area (Å²) in [5, 5.41) is 6.03. The summed E-state index contributed by atoms with van der Waals surface area (Å²) in [7, 11) is 0. The van der Waals surface area contributed by atoms with E-state index in [4.69, 9.17) is 11.6 Å². The predicted molar refractivity (Wildman–Crippen MR) is 90.7 cm³/mol. The molecule has 0 unspecified atom stereocenters. The van der Waals surface area contributed by atoms with Crippen LogP contribution in [0.2, 0.25) is 5.02 Å². The summed E-state index contributed by atoms with van der Waals surface area (Å²) in [6.45, 7) is 2.76. The summed E-state index contributed by atoms with van der Waals surface area (Å²) in [5.74, 6) is -0.573. The number of anilines is 1. The van der Waals surface area contributed by atoms with Crippen LogP contribution >= 0.6 is 11.6 Å². The van der Waals surface area contributed by atoms with Crippen LogP contribution in [0, 0.1) is 12.8 Å². The van der Waals surface area contributed by atoms with Crippen molar-refractivity contribution in [3.63, 3.8) is 0 Å². The molecule has 2 N–H and O–H groups in total. The van der Waals surface area contributed by atoms with Gasteiger partial charge in [0.1, 0.15) is 6.04 Å². The molecule has 7 heteroatoms. The molecule has 1 saturated carbocycles. The molecule has 1 aromatic rings. The van der Waals surface area contributed by atoms with E-state index in [1.165, 1.54) is 0 Å². The van der Waals surface area contributed by atoms with Gasteiger partial charge in [-0.25, -0.2) is 0 Å². The SMILES string of the molecule is Cc1ccc(NC(=O)C[C@@H]2C(=O)NCCN2C(=O)C2CC2)cc1Cl. The summed E-state index contributed by atoms with van der Waals surface area (Å²) >= 11 is 6.05. The summed E-state index contributed by atoms with van der Waals surface area (Å²) < 4.78 is 0. The summed E-state index contributed by atoms with van der Waals surface area (Å²) in [4.78, 5) is 38.3. The molecule has 6 nitrogen and oxygen atoms in total. The van der Waals surface area contributed by atoms with E-state index in [2.05, 4.69) is 10.6 Å². The van der Waals surface area contributed by atoms with Crippen molar-refractivity contribution in [3.8, 4) is 0 Å². The zero-order valence-corrected chi connectivity index (χ0v) is 14.2. The van der Waals surface area contributed by atoms with Gasteiger partial charge in [-0.2, -0.15) is 0 Å². The van der Waals surface area contributed by atoms with Crippen LogP contribution in [0.25, 0.3) is 0 Å². The van der Waals surface area contributed by atoms with Gasteiger partial charge in [-0.3, -0.25) is 14.4 Å². The fourth-order valence-electron chi connectivity index (χ4n) is 2.80. The quantitative estimate of drug-likeness (QED) is 0.868. The minimum absolute atomic E-state index is 0.0129. The molecule has 24 heavy (non-hydrogen) atoms. The fourth-order valence-corrected chi connectivity index (χ4v) is 2.98. The largest absolute Gasteiger partial charge is 0.353 e. The molecule has 128 valence electrons. The van der Waals surface area contributed by atoms with Crippen LogP contribution in [-0.2, 0) is 14.4 Å². The number of hydrogen-bond acceptors (Lipinski definition) is 3. The first kappa shape index (κ1) is 16.8. The maximum atomic E-state index is 12.3. The molecule has 1 saturated heterocycles. The van der Waals surface area contributed by atoms with Gasteiger partial charge in [0.25, 0.3) is 0 Å². The lowest BCUT2D eigenvalue weighted by Gasteiger charge is -2.34. The highest BCUT2D eigenvalue weighted by Crippen LogP contribution is 2.32. The molecule has 1 aromatic carbocycles. The smallest absolute Gasteiger partial charge is 0.243 e. The highest BCUT2D eigenvalue weighted by atomic mass is 35.5. The number of aryl methyl sites for hydroxylation is 1. The third-order valence-corrected chi connectivity index (χ3v) is 4.78. The second-order valence-corrected chi connectivity index (χ2v) is 6.74. The Labute approximate surface area is 145 Å². The molecular formula is C17H20ClN3O3. The zero-order chi connectivity index (χ0) is 17.3. The average molecular weight is 350 g/mol. The normalized spacial score (nSPS) is 20.5. The first-order chi connectivity index (χ1) is 11.5. The van der Waals surface area contributed by atoms with E-state index in [1.54, 1.807) is 17.0 Å². The second-order valence-electron chi connectivity index (χ2n) is 6.33. The Bertz CT molecular complexity index is 688. The van der Waals surface area contributed by atoms with Gasteiger partial charge in [-0.05, 0) is 37.5 Å². The van der Waals surface area contributed by atoms with Crippen molar-refractivity contribution in [1.82, 2.24) is 10.2 Å².